The van der Waals surface area contributed by atoms with Gasteiger partial charge in [0.15, 0.2) is 0 Å². The fraction of sp³-hybridized carbons (Fsp3) is 0.217. The highest BCUT2D eigenvalue weighted by molar-refractivity contribution is 5.66. The maximum atomic E-state index is 6.10. The van der Waals surface area contributed by atoms with Crippen LogP contribution in [0.3, 0.4) is 0 Å². The van der Waals surface area contributed by atoms with Crippen molar-refractivity contribution in [2.45, 2.75) is 20.5 Å². The Balaban J connectivity index is 1.82. The van der Waals surface area contributed by atoms with E-state index in [9.17, 15) is 0 Å². The lowest BCUT2D eigenvalue weighted by atomic mass is 10.0. The molecule has 0 aliphatic rings. The van der Waals surface area contributed by atoms with E-state index in [0.717, 1.165) is 28.3 Å². The van der Waals surface area contributed by atoms with Gasteiger partial charge in [0.25, 0.3) is 0 Å². The molecule has 0 aliphatic carbocycles. The topological polar surface area (TPSA) is 30.5 Å². The number of methoxy groups -OCH3 is 1. The molecule has 0 fully saturated rings. The van der Waals surface area contributed by atoms with Gasteiger partial charge in [-0.25, -0.2) is 0 Å². The highest BCUT2D eigenvalue weighted by Crippen LogP contribution is 2.30. The number of ether oxygens (including phenoxy) is 2. The molecule has 3 heteroatoms. The van der Waals surface area contributed by atoms with Crippen LogP contribution in [0.4, 0.5) is 5.69 Å². The van der Waals surface area contributed by atoms with Crippen LogP contribution in [-0.2, 0) is 6.61 Å². The van der Waals surface area contributed by atoms with Crippen molar-refractivity contribution in [1.82, 2.24) is 0 Å². The van der Waals surface area contributed by atoms with E-state index in [1.54, 1.807) is 7.11 Å². The smallest absolute Gasteiger partial charge is 0.127 e. The summed E-state index contributed by atoms with van der Waals surface area (Å²) < 4.78 is 11.6. The molecule has 26 heavy (non-hydrogen) atoms. The second kappa shape index (κ2) is 7.96. The zero-order chi connectivity index (χ0) is 18.5. The van der Waals surface area contributed by atoms with E-state index in [2.05, 4.69) is 55.6 Å². The fourth-order valence-corrected chi connectivity index (χ4v) is 3.11. The Morgan fingerprint density at radius 1 is 0.846 bits per heavy atom. The van der Waals surface area contributed by atoms with Gasteiger partial charge >= 0.3 is 0 Å². The Morgan fingerprint density at radius 3 is 2.31 bits per heavy atom. The molecule has 134 valence electrons. The van der Waals surface area contributed by atoms with E-state index >= 15 is 0 Å². The predicted molar refractivity (Wildman–Crippen MR) is 108 cm³/mol. The first-order chi connectivity index (χ1) is 12.6. The minimum absolute atomic E-state index is 0.449. The molecule has 0 aliphatic heterocycles. The van der Waals surface area contributed by atoms with E-state index in [1.165, 1.54) is 16.7 Å². The molecule has 0 aromatic heterocycles. The molecule has 0 atom stereocenters. The molecule has 0 heterocycles. The lowest BCUT2D eigenvalue weighted by Gasteiger charge is -2.16. The van der Waals surface area contributed by atoms with Crippen molar-refractivity contribution < 1.29 is 9.47 Å². The molecule has 3 rings (SSSR count). The van der Waals surface area contributed by atoms with Crippen molar-refractivity contribution >= 4 is 5.69 Å². The van der Waals surface area contributed by atoms with Crippen molar-refractivity contribution in [3.63, 3.8) is 0 Å². The summed E-state index contributed by atoms with van der Waals surface area (Å²) in [6, 6.07) is 20.8. The summed E-state index contributed by atoms with van der Waals surface area (Å²) in [7, 11) is 3.58. The molecule has 0 spiro atoms. The maximum absolute atomic E-state index is 6.10. The molecule has 0 amide bonds. The molecule has 3 aromatic rings. The van der Waals surface area contributed by atoms with Crippen LogP contribution in [-0.4, -0.2) is 14.2 Å². The van der Waals surface area contributed by atoms with Gasteiger partial charge in [0.2, 0.25) is 0 Å². The molecule has 1 N–H and O–H groups in total. The standard InChI is InChI=1S/C23H25NO2/c1-16-7-5-8-18(13-16)19-11-12-22(17(2)14-19)26-15-20-21(24-3)9-6-10-23(20)25-4/h5-14,24H,15H2,1-4H3. The molecule has 3 aromatic carbocycles. The third kappa shape index (κ3) is 3.83. The SMILES string of the molecule is CNc1cccc(OC)c1COc1ccc(-c2cccc(C)c2)cc1C. The number of nitrogens with one attached hydrogen (secondary N) is 1. The average Bonchev–Trinajstić information content (AvgIpc) is 2.66. The highest BCUT2D eigenvalue weighted by Gasteiger charge is 2.10. The van der Waals surface area contributed by atoms with Gasteiger partial charge in [-0.1, -0.05) is 42.0 Å². The second-order valence-corrected chi connectivity index (χ2v) is 6.37. The highest BCUT2D eigenvalue weighted by atomic mass is 16.5. The van der Waals surface area contributed by atoms with Crippen LogP contribution < -0.4 is 14.8 Å². The van der Waals surface area contributed by atoms with Crippen molar-refractivity contribution in [1.29, 1.82) is 0 Å². The molecule has 0 unspecified atom stereocenters. The lowest BCUT2D eigenvalue weighted by Crippen LogP contribution is -2.04. The van der Waals surface area contributed by atoms with Gasteiger partial charge in [-0.05, 0) is 54.8 Å². The van der Waals surface area contributed by atoms with Gasteiger partial charge < -0.3 is 14.8 Å². The number of benzene rings is 3. The first kappa shape index (κ1) is 17.9. The molecule has 0 saturated carbocycles. The summed E-state index contributed by atoms with van der Waals surface area (Å²) in [5, 5.41) is 3.20. The largest absolute Gasteiger partial charge is 0.496 e. The summed E-state index contributed by atoms with van der Waals surface area (Å²) >= 11 is 0. The van der Waals surface area contributed by atoms with Crippen molar-refractivity contribution in [2.24, 2.45) is 0 Å². The molecular weight excluding hydrogens is 322 g/mol. The summed E-state index contributed by atoms with van der Waals surface area (Å²) in [6.45, 7) is 4.64. The third-order valence-electron chi connectivity index (χ3n) is 4.52. The van der Waals surface area contributed by atoms with Gasteiger partial charge in [-0.3, -0.25) is 0 Å². The quantitative estimate of drug-likeness (QED) is 0.629. The van der Waals surface area contributed by atoms with Crippen LogP contribution in [0.25, 0.3) is 11.1 Å². The Morgan fingerprint density at radius 2 is 1.62 bits per heavy atom. The Kier molecular flexibility index (Phi) is 5.47. The van der Waals surface area contributed by atoms with Gasteiger partial charge in [0, 0.05) is 12.7 Å². The maximum Gasteiger partial charge on any atom is 0.127 e. The number of hydrogen-bond acceptors (Lipinski definition) is 3. The Labute approximate surface area is 155 Å². The summed E-state index contributed by atoms with van der Waals surface area (Å²) in [5.74, 6) is 1.71. The number of hydrogen-bond donors (Lipinski definition) is 1. The van der Waals surface area contributed by atoms with Crippen LogP contribution >= 0.6 is 0 Å². The van der Waals surface area contributed by atoms with E-state index in [4.69, 9.17) is 9.47 Å². The monoisotopic (exact) mass is 347 g/mol. The fourth-order valence-electron chi connectivity index (χ4n) is 3.11. The normalized spacial score (nSPS) is 10.5. The average molecular weight is 347 g/mol. The van der Waals surface area contributed by atoms with E-state index in [1.807, 2.05) is 31.3 Å². The molecule has 0 saturated heterocycles. The van der Waals surface area contributed by atoms with Gasteiger partial charge in [-0.2, -0.15) is 0 Å². The van der Waals surface area contributed by atoms with Crippen LogP contribution in [0.2, 0.25) is 0 Å². The van der Waals surface area contributed by atoms with Crippen molar-refractivity contribution in [3.8, 4) is 22.6 Å². The molecular formula is C23H25NO2. The van der Waals surface area contributed by atoms with Crippen LogP contribution in [0.1, 0.15) is 16.7 Å². The zero-order valence-corrected chi connectivity index (χ0v) is 15.8. The minimum Gasteiger partial charge on any atom is -0.496 e. The van der Waals surface area contributed by atoms with Crippen molar-refractivity contribution in [3.05, 3.63) is 77.4 Å². The first-order valence-corrected chi connectivity index (χ1v) is 8.76. The molecule has 3 nitrogen and oxygen atoms in total. The zero-order valence-electron chi connectivity index (χ0n) is 15.8. The third-order valence-corrected chi connectivity index (χ3v) is 4.52. The van der Waals surface area contributed by atoms with Crippen LogP contribution in [0.15, 0.2) is 60.7 Å². The van der Waals surface area contributed by atoms with Crippen molar-refractivity contribution in [2.75, 3.05) is 19.5 Å². The minimum atomic E-state index is 0.449. The number of rotatable bonds is 6. The number of anilines is 1. The first-order valence-electron chi connectivity index (χ1n) is 8.76. The number of aryl methyl sites for hydroxylation is 2. The van der Waals surface area contributed by atoms with E-state index in [0.29, 0.717) is 6.61 Å². The lowest BCUT2D eigenvalue weighted by molar-refractivity contribution is 0.295. The van der Waals surface area contributed by atoms with Gasteiger partial charge in [0.05, 0.1) is 12.7 Å². The second-order valence-electron chi connectivity index (χ2n) is 6.37. The van der Waals surface area contributed by atoms with Gasteiger partial charge in [-0.15, -0.1) is 0 Å². The van der Waals surface area contributed by atoms with Gasteiger partial charge in [0.1, 0.15) is 18.1 Å². The summed E-state index contributed by atoms with van der Waals surface area (Å²) in [4.78, 5) is 0. The summed E-state index contributed by atoms with van der Waals surface area (Å²) in [5.41, 5.74) is 6.83. The predicted octanol–water partition coefficient (Wildman–Crippen LogP) is 5.60. The Bertz CT molecular complexity index is 880. The van der Waals surface area contributed by atoms with E-state index in [-0.39, 0.29) is 0 Å². The van der Waals surface area contributed by atoms with Crippen LogP contribution in [0.5, 0.6) is 11.5 Å². The summed E-state index contributed by atoms with van der Waals surface area (Å²) in [6.07, 6.45) is 0. The Hall–Kier alpha value is -2.94. The molecule has 0 bridgehead atoms. The van der Waals surface area contributed by atoms with E-state index < -0.39 is 0 Å². The molecule has 0 radical (unpaired) electrons. The van der Waals surface area contributed by atoms with Crippen LogP contribution in [0, 0.1) is 13.8 Å².